The molecule has 1 unspecified atom stereocenters. The molecule has 2 aromatic rings. The van der Waals surface area contributed by atoms with E-state index in [0.717, 1.165) is 24.1 Å². The van der Waals surface area contributed by atoms with Gasteiger partial charge in [-0.15, -0.1) is 0 Å². The highest BCUT2D eigenvalue weighted by molar-refractivity contribution is 9.09. The van der Waals surface area contributed by atoms with Crippen molar-refractivity contribution in [2.75, 3.05) is 5.32 Å². The number of aryl methyl sites for hydroxylation is 2. The Hall–Kier alpha value is -1.61. The molecule has 21 heavy (non-hydrogen) atoms. The molecule has 1 N–H and O–H groups in total. The SMILES string of the molecule is CCc1cccc(CC)c1NC(=O)C(Br)c1ccccc1. The third-order valence-electron chi connectivity index (χ3n) is 3.57. The van der Waals surface area contributed by atoms with Crippen molar-refractivity contribution in [3.63, 3.8) is 0 Å². The second kappa shape index (κ2) is 7.41. The number of carbonyl (C=O) groups is 1. The lowest BCUT2D eigenvalue weighted by atomic mass is 10.0. The van der Waals surface area contributed by atoms with Crippen molar-refractivity contribution < 1.29 is 4.79 Å². The summed E-state index contributed by atoms with van der Waals surface area (Å²) in [5.74, 6) is -0.0307. The summed E-state index contributed by atoms with van der Waals surface area (Å²) in [7, 11) is 0. The second-order valence-electron chi connectivity index (χ2n) is 4.92. The first-order valence-corrected chi connectivity index (χ1v) is 8.19. The van der Waals surface area contributed by atoms with Crippen LogP contribution in [0.4, 0.5) is 5.69 Å². The molecule has 110 valence electrons. The van der Waals surface area contributed by atoms with Crippen LogP contribution >= 0.6 is 15.9 Å². The normalized spacial score (nSPS) is 12.0. The minimum atomic E-state index is -0.340. The van der Waals surface area contributed by atoms with E-state index in [1.807, 2.05) is 30.3 Å². The fourth-order valence-electron chi connectivity index (χ4n) is 2.36. The van der Waals surface area contributed by atoms with E-state index in [0.29, 0.717) is 0 Å². The molecule has 0 bridgehead atoms. The number of carbonyl (C=O) groups excluding carboxylic acids is 1. The summed E-state index contributed by atoms with van der Waals surface area (Å²) >= 11 is 3.49. The fourth-order valence-corrected chi connectivity index (χ4v) is 2.78. The molecule has 0 spiro atoms. The molecule has 0 saturated heterocycles. The summed E-state index contributed by atoms with van der Waals surface area (Å²) in [6.45, 7) is 4.21. The number of rotatable bonds is 5. The highest BCUT2D eigenvalue weighted by Crippen LogP contribution is 2.27. The van der Waals surface area contributed by atoms with Crippen molar-refractivity contribution >= 4 is 27.5 Å². The third kappa shape index (κ3) is 3.73. The number of hydrogen-bond acceptors (Lipinski definition) is 1. The third-order valence-corrected chi connectivity index (χ3v) is 4.51. The largest absolute Gasteiger partial charge is 0.324 e. The zero-order valence-electron chi connectivity index (χ0n) is 12.4. The molecule has 0 aliphatic rings. The van der Waals surface area contributed by atoms with E-state index < -0.39 is 0 Å². The van der Waals surface area contributed by atoms with Gasteiger partial charge in [0.15, 0.2) is 0 Å². The predicted molar refractivity (Wildman–Crippen MR) is 91.9 cm³/mol. The first-order valence-electron chi connectivity index (χ1n) is 7.28. The Balaban J connectivity index is 2.24. The van der Waals surface area contributed by atoms with Crippen LogP contribution in [0.25, 0.3) is 0 Å². The van der Waals surface area contributed by atoms with Gasteiger partial charge in [-0.2, -0.15) is 0 Å². The van der Waals surface area contributed by atoms with Crippen molar-refractivity contribution in [2.24, 2.45) is 0 Å². The maximum atomic E-state index is 12.5. The number of halogens is 1. The monoisotopic (exact) mass is 345 g/mol. The van der Waals surface area contributed by atoms with Crippen molar-refractivity contribution in [2.45, 2.75) is 31.5 Å². The zero-order chi connectivity index (χ0) is 15.2. The number of nitrogens with one attached hydrogen (secondary N) is 1. The Kier molecular flexibility index (Phi) is 5.57. The summed E-state index contributed by atoms with van der Waals surface area (Å²) in [4.78, 5) is 12.2. The molecular formula is C18H20BrNO. The molecule has 3 heteroatoms. The average Bonchev–Trinajstić information content (AvgIpc) is 2.55. The number of amides is 1. The van der Waals surface area contributed by atoms with Crippen LogP contribution in [0.5, 0.6) is 0 Å². The maximum absolute atomic E-state index is 12.5. The molecule has 0 aliphatic heterocycles. The van der Waals surface area contributed by atoms with E-state index >= 15 is 0 Å². The van der Waals surface area contributed by atoms with Gasteiger partial charge in [0.2, 0.25) is 5.91 Å². The summed E-state index contributed by atoms with van der Waals surface area (Å²) < 4.78 is 0. The highest BCUT2D eigenvalue weighted by Gasteiger charge is 2.18. The molecule has 0 aliphatic carbocycles. The quantitative estimate of drug-likeness (QED) is 0.768. The van der Waals surface area contributed by atoms with Crippen LogP contribution in [0.3, 0.4) is 0 Å². The van der Waals surface area contributed by atoms with Gasteiger partial charge in [0.1, 0.15) is 4.83 Å². The van der Waals surface area contributed by atoms with Gasteiger partial charge in [0, 0.05) is 5.69 Å². The maximum Gasteiger partial charge on any atom is 0.242 e. The van der Waals surface area contributed by atoms with Gasteiger partial charge in [-0.05, 0) is 29.5 Å². The minimum Gasteiger partial charge on any atom is -0.324 e. The first-order chi connectivity index (χ1) is 10.2. The van der Waals surface area contributed by atoms with Crippen LogP contribution in [0.15, 0.2) is 48.5 Å². The number of hydrogen-bond donors (Lipinski definition) is 1. The summed E-state index contributed by atoms with van der Waals surface area (Å²) in [6.07, 6.45) is 1.81. The number of benzene rings is 2. The Bertz CT molecular complexity index is 588. The molecule has 2 nitrogen and oxygen atoms in total. The Morgan fingerprint density at radius 3 is 2.10 bits per heavy atom. The molecule has 0 saturated carbocycles. The summed E-state index contributed by atoms with van der Waals surface area (Å²) in [6, 6.07) is 15.9. The molecule has 0 radical (unpaired) electrons. The molecule has 2 aromatic carbocycles. The van der Waals surface area contributed by atoms with Crippen LogP contribution in [-0.4, -0.2) is 5.91 Å². The van der Waals surface area contributed by atoms with E-state index in [2.05, 4.69) is 53.3 Å². The minimum absolute atomic E-state index is 0.0307. The van der Waals surface area contributed by atoms with E-state index in [9.17, 15) is 4.79 Å². The van der Waals surface area contributed by atoms with Crippen molar-refractivity contribution in [3.05, 3.63) is 65.2 Å². The molecule has 1 atom stereocenters. The van der Waals surface area contributed by atoms with Gasteiger partial charge in [0.25, 0.3) is 0 Å². The van der Waals surface area contributed by atoms with Crippen LogP contribution in [0, 0.1) is 0 Å². The van der Waals surface area contributed by atoms with E-state index in [1.165, 1.54) is 11.1 Å². The zero-order valence-corrected chi connectivity index (χ0v) is 14.0. The Labute approximate surface area is 134 Å². The first kappa shape index (κ1) is 15.8. The summed E-state index contributed by atoms with van der Waals surface area (Å²) in [5.41, 5.74) is 4.28. The molecular weight excluding hydrogens is 326 g/mol. The molecule has 1 amide bonds. The molecule has 0 heterocycles. The number of alkyl halides is 1. The fraction of sp³-hybridized carbons (Fsp3) is 0.278. The standard InChI is InChI=1S/C18H20BrNO/c1-3-13-11-8-12-14(4-2)17(13)20-18(21)16(19)15-9-6-5-7-10-15/h5-12,16H,3-4H2,1-2H3,(H,20,21). The molecule has 0 fully saturated rings. The van der Waals surface area contributed by atoms with E-state index in [-0.39, 0.29) is 10.7 Å². The second-order valence-corrected chi connectivity index (χ2v) is 5.84. The van der Waals surface area contributed by atoms with Gasteiger partial charge in [0.05, 0.1) is 0 Å². The van der Waals surface area contributed by atoms with Crippen molar-refractivity contribution in [3.8, 4) is 0 Å². The summed E-state index contributed by atoms with van der Waals surface area (Å²) in [5, 5.41) is 3.09. The van der Waals surface area contributed by atoms with Gasteiger partial charge in [-0.1, -0.05) is 78.3 Å². The predicted octanol–water partition coefficient (Wildman–Crippen LogP) is 4.89. The lowest BCUT2D eigenvalue weighted by Crippen LogP contribution is -2.19. The highest BCUT2D eigenvalue weighted by atomic mass is 79.9. The Morgan fingerprint density at radius 1 is 1.00 bits per heavy atom. The van der Waals surface area contributed by atoms with Gasteiger partial charge < -0.3 is 5.32 Å². The average molecular weight is 346 g/mol. The van der Waals surface area contributed by atoms with Crippen LogP contribution in [0.2, 0.25) is 0 Å². The van der Waals surface area contributed by atoms with Crippen LogP contribution in [-0.2, 0) is 17.6 Å². The Morgan fingerprint density at radius 2 is 1.57 bits per heavy atom. The van der Waals surface area contributed by atoms with E-state index in [1.54, 1.807) is 0 Å². The van der Waals surface area contributed by atoms with E-state index in [4.69, 9.17) is 0 Å². The van der Waals surface area contributed by atoms with Crippen LogP contribution in [0.1, 0.15) is 35.4 Å². The smallest absolute Gasteiger partial charge is 0.242 e. The lowest BCUT2D eigenvalue weighted by Gasteiger charge is -2.17. The molecule has 0 aromatic heterocycles. The van der Waals surface area contributed by atoms with Gasteiger partial charge in [-0.3, -0.25) is 4.79 Å². The lowest BCUT2D eigenvalue weighted by molar-refractivity contribution is -0.115. The number of anilines is 1. The topological polar surface area (TPSA) is 29.1 Å². The van der Waals surface area contributed by atoms with Crippen molar-refractivity contribution in [1.29, 1.82) is 0 Å². The van der Waals surface area contributed by atoms with Crippen LogP contribution < -0.4 is 5.32 Å². The van der Waals surface area contributed by atoms with Gasteiger partial charge >= 0.3 is 0 Å². The number of para-hydroxylation sites is 1. The van der Waals surface area contributed by atoms with Crippen molar-refractivity contribution in [1.82, 2.24) is 0 Å². The van der Waals surface area contributed by atoms with Gasteiger partial charge in [-0.25, -0.2) is 0 Å². The molecule has 2 rings (SSSR count).